The van der Waals surface area contributed by atoms with Crippen molar-refractivity contribution in [2.24, 2.45) is 0 Å². The van der Waals surface area contributed by atoms with Gasteiger partial charge in [-0.05, 0) is 6.42 Å². The molecule has 0 unspecified atom stereocenters. The second-order valence-corrected chi connectivity index (χ2v) is 3.15. The van der Waals surface area contributed by atoms with Gasteiger partial charge in [-0.2, -0.15) is 0 Å². The number of hydrogen-bond acceptors (Lipinski definition) is 2. The number of unbranched alkanes of at least 4 members (excludes halogenated alkanes) is 1. The fraction of sp³-hybridized carbons (Fsp3) is 0.556. The molecule has 0 aromatic carbocycles. The molecular weight excluding hydrogens is 182 g/mol. The maximum Gasteiger partial charge on any atom is 0.323 e. The first-order chi connectivity index (χ1) is 6.72. The number of amides is 1. The minimum absolute atomic E-state index is 0.0614. The number of aromatic amines is 2. The SMILES string of the molecule is CCCCNC(=O)Cc1c[nH]c(=O)[nH]1. The number of nitrogens with one attached hydrogen (secondary N) is 3. The molecule has 0 atom stereocenters. The van der Waals surface area contributed by atoms with Crippen molar-refractivity contribution in [3.8, 4) is 0 Å². The van der Waals surface area contributed by atoms with E-state index in [4.69, 9.17) is 0 Å². The summed E-state index contributed by atoms with van der Waals surface area (Å²) >= 11 is 0. The van der Waals surface area contributed by atoms with Crippen molar-refractivity contribution in [2.45, 2.75) is 26.2 Å². The number of carbonyl (C=O) groups excluding carboxylic acids is 1. The Kier molecular flexibility index (Phi) is 3.97. The van der Waals surface area contributed by atoms with Crippen molar-refractivity contribution >= 4 is 5.91 Å². The van der Waals surface area contributed by atoms with Crippen molar-refractivity contribution in [3.63, 3.8) is 0 Å². The molecule has 5 nitrogen and oxygen atoms in total. The first kappa shape index (κ1) is 10.6. The van der Waals surface area contributed by atoms with Gasteiger partial charge in [0.05, 0.1) is 6.42 Å². The Morgan fingerprint density at radius 2 is 2.36 bits per heavy atom. The number of aromatic nitrogens is 2. The maximum atomic E-state index is 11.2. The Labute approximate surface area is 81.9 Å². The minimum Gasteiger partial charge on any atom is -0.356 e. The molecule has 1 amide bonds. The molecule has 1 aromatic rings. The molecule has 1 aromatic heterocycles. The minimum atomic E-state index is -0.277. The van der Waals surface area contributed by atoms with Crippen LogP contribution in [0.3, 0.4) is 0 Å². The van der Waals surface area contributed by atoms with Crippen molar-refractivity contribution < 1.29 is 4.79 Å². The smallest absolute Gasteiger partial charge is 0.323 e. The normalized spacial score (nSPS) is 10.1. The van der Waals surface area contributed by atoms with Gasteiger partial charge in [0.15, 0.2) is 0 Å². The summed E-state index contributed by atoms with van der Waals surface area (Å²) in [6, 6.07) is 0. The molecule has 0 aliphatic rings. The third-order valence-corrected chi connectivity index (χ3v) is 1.86. The van der Waals surface area contributed by atoms with E-state index in [0.717, 1.165) is 12.8 Å². The molecule has 0 saturated carbocycles. The van der Waals surface area contributed by atoms with Crippen LogP contribution in [0.25, 0.3) is 0 Å². The summed E-state index contributed by atoms with van der Waals surface area (Å²) in [4.78, 5) is 26.9. The molecule has 0 bridgehead atoms. The standard InChI is InChI=1S/C9H15N3O2/c1-2-3-4-10-8(13)5-7-6-11-9(14)12-7/h6H,2-5H2,1H3,(H,10,13)(H2,11,12,14). The number of imidazole rings is 1. The maximum absolute atomic E-state index is 11.2. The van der Waals surface area contributed by atoms with Crippen LogP contribution in [0, 0.1) is 0 Å². The van der Waals surface area contributed by atoms with Crippen molar-refractivity contribution in [1.29, 1.82) is 0 Å². The predicted octanol–water partition coefficient (Wildman–Crippen LogP) is 0.162. The van der Waals surface area contributed by atoms with E-state index in [0.29, 0.717) is 12.2 Å². The Balaban J connectivity index is 2.30. The largest absolute Gasteiger partial charge is 0.356 e. The van der Waals surface area contributed by atoms with Crippen LogP contribution >= 0.6 is 0 Å². The zero-order chi connectivity index (χ0) is 10.4. The predicted molar refractivity (Wildman–Crippen MR) is 53.0 cm³/mol. The average Bonchev–Trinajstić information content (AvgIpc) is 2.52. The summed E-state index contributed by atoms with van der Waals surface area (Å²) in [5.74, 6) is -0.0614. The molecule has 0 fully saturated rings. The Morgan fingerprint density at radius 1 is 1.57 bits per heavy atom. The highest BCUT2D eigenvalue weighted by atomic mass is 16.2. The fourth-order valence-electron chi connectivity index (χ4n) is 1.11. The first-order valence-corrected chi connectivity index (χ1v) is 4.75. The lowest BCUT2D eigenvalue weighted by Gasteiger charge is -2.01. The quantitative estimate of drug-likeness (QED) is 0.588. The molecule has 1 heterocycles. The Morgan fingerprint density at radius 3 is 2.93 bits per heavy atom. The molecule has 0 aliphatic carbocycles. The van der Waals surface area contributed by atoms with E-state index in [1.54, 1.807) is 0 Å². The van der Waals surface area contributed by atoms with Gasteiger partial charge in [0.2, 0.25) is 5.91 Å². The van der Waals surface area contributed by atoms with E-state index in [2.05, 4.69) is 22.2 Å². The highest BCUT2D eigenvalue weighted by Crippen LogP contribution is 1.90. The molecule has 5 heteroatoms. The Hall–Kier alpha value is -1.52. The fourth-order valence-corrected chi connectivity index (χ4v) is 1.11. The topological polar surface area (TPSA) is 77.8 Å². The lowest BCUT2D eigenvalue weighted by molar-refractivity contribution is -0.120. The van der Waals surface area contributed by atoms with Crippen molar-refractivity contribution in [3.05, 3.63) is 22.4 Å². The van der Waals surface area contributed by atoms with Crippen LogP contribution in [-0.4, -0.2) is 22.4 Å². The third-order valence-electron chi connectivity index (χ3n) is 1.86. The van der Waals surface area contributed by atoms with E-state index >= 15 is 0 Å². The summed E-state index contributed by atoms with van der Waals surface area (Å²) in [5.41, 5.74) is 0.338. The second-order valence-electron chi connectivity index (χ2n) is 3.15. The third kappa shape index (κ3) is 3.47. The summed E-state index contributed by atoms with van der Waals surface area (Å²) in [5, 5.41) is 2.77. The molecular formula is C9H15N3O2. The van der Waals surface area contributed by atoms with E-state index < -0.39 is 0 Å². The van der Waals surface area contributed by atoms with E-state index in [1.807, 2.05) is 0 Å². The molecule has 0 saturated heterocycles. The Bertz CT molecular complexity index is 340. The highest BCUT2D eigenvalue weighted by Gasteiger charge is 2.03. The van der Waals surface area contributed by atoms with Gasteiger partial charge in [0.25, 0.3) is 0 Å². The van der Waals surface area contributed by atoms with E-state index in [1.165, 1.54) is 6.20 Å². The number of H-pyrrole nitrogens is 2. The summed E-state index contributed by atoms with van der Waals surface area (Å²) in [6.07, 6.45) is 3.78. The number of rotatable bonds is 5. The van der Waals surface area contributed by atoms with Gasteiger partial charge in [0.1, 0.15) is 0 Å². The van der Waals surface area contributed by atoms with Gasteiger partial charge < -0.3 is 15.3 Å². The lowest BCUT2D eigenvalue weighted by Crippen LogP contribution is -2.26. The van der Waals surface area contributed by atoms with Crippen molar-refractivity contribution in [2.75, 3.05) is 6.54 Å². The van der Waals surface area contributed by atoms with Gasteiger partial charge in [0, 0.05) is 18.4 Å². The van der Waals surface area contributed by atoms with E-state index in [9.17, 15) is 9.59 Å². The number of hydrogen-bond donors (Lipinski definition) is 3. The average molecular weight is 197 g/mol. The summed E-state index contributed by atoms with van der Waals surface area (Å²) in [6.45, 7) is 2.76. The van der Waals surface area contributed by atoms with Crippen LogP contribution in [0.2, 0.25) is 0 Å². The molecule has 3 N–H and O–H groups in total. The molecule has 0 aliphatic heterocycles. The zero-order valence-electron chi connectivity index (χ0n) is 8.22. The van der Waals surface area contributed by atoms with Crippen LogP contribution in [-0.2, 0) is 11.2 Å². The summed E-state index contributed by atoms with van der Waals surface area (Å²) < 4.78 is 0. The zero-order valence-corrected chi connectivity index (χ0v) is 8.22. The highest BCUT2D eigenvalue weighted by molar-refractivity contribution is 5.77. The van der Waals surface area contributed by atoms with Gasteiger partial charge in [-0.1, -0.05) is 13.3 Å². The van der Waals surface area contributed by atoms with Gasteiger partial charge in [-0.25, -0.2) is 4.79 Å². The molecule has 1 rings (SSSR count). The van der Waals surface area contributed by atoms with E-state index in [-0.39, 0.29) is 18.0 Å². The molecule has 0 spiro atoms. The molecule has 0 radical (unpaired) electrons. The van der Waals surface area contributed by atoms with Gasteiger partial charge in [-0.15, -0.1) is 0 Å². The van der Waals surface area contributed by atoms with Crippen LogP contribution in [0.15, 0.2) is 11.0 Å². The van der Waals surface area contributed by atoms with Gasteiger partial charge >= 0.3 is 5.69 Å². The second kappa shape index (κ2) is 5.26. The monoisotopic (exact) mass is 197 g/mol. The van der Waals surface area contributed by atoms with Crippen LogP contribution in [0.5, 0.6) is 0 Å². The van der Waals surface area contributed by atoms with Crippen LogP contribution < -0.4 is 11.0 Å². The first-order valence-electron chi connectivity index (χ1n) is 4.75. The molecule has 14 heavy (non-hydrogen) atoms. The van der Waals surface area contributed by atoms with Crippen LogP contribution in [0.1, 0.15) is 25.5 Å². The number of carbonyl (C=O) groups is 1. The van der Waals surface area contributed by atoms with Gasteiger partial charge in [-0.3, -0.25) is 4.79 Å². The summed E-state index contributed by atoms with van der Waals surface area (Å²) in [7, 11) is 0. The lowest BCUT2D eigenvalue weighted by atomic mass is 10.3. The van der Waals surface area contributed by atoms with Crippen LogP contribution in [0.4, 0.5) is 0 Å². The van der Waals surface area contributed by atoms with Crippen molar-refractivity contribution in [1.82, 2.24) is 15.3 Å². The molecule has 78 valence electrons.